The third-order valence-electron chi connectivity index (χ3n) is 6.13. The molecule has 1 spiro atoms. The fraction of sp³-hybridized carbons (Fsp3) is 0.391. The number of hydrogen-bond acceptors (Lipinski definition) is 3. The summed E-state index contributed by atoms with van der Waals surface area (Å²) in [5, 5.41) is 16.1. The largest absolute Gasteiger partial charge is 0.478 e. The Morgan fingerprint density at radius 3 is 2.68 bits per heavy atom. The van der Waals surface area contributed by atoms with Gasteiger partial charge in [-0.3, -0.25) is 4.79 Å². The molecule has 2 aliphatic rings. The maximum absolute atomic E-state index is 14.4. The average molecular weight is 465 g/mol. The maximum Gasteiger partial charge on any atom is 0.337 e. The standard InChI is InChI=1S/C23H23Cl2FN2O3/c1-22(2,3)10-15-23(7-8-27-15)18-14(28-21(23)31)9-12(24)17(20(29)30)16(18)11-5-4-6-13(26)19(11)25/h4-6,9,15,27H,7-8,10H2,1-3H3,(H,28,31)(H,29,30). The van der Waals surface area contributed by atoms with Gasteiger partial charge in [0.25, 0.3) is 0 Å². The van der Waals surface area contributed by atoms with Crippen molar-refractivity contribution in [2.75, 3.05) is 11.9 Å². The van der Waals surface area contributed by atoms with Crippen molar-refractivity contribution >= 4 is 40.8 Å². The maximum atomic E-state index is 14.4. The SMILES string of the molecule is CC(C)(C)CC1NCCC12C(=O)Nc1cc(Cl)c(C(=O)O)c(-c3cccc(F)c3Cl)c12. The Labute approximate surface area is 189 Å². The lowest BCUT2D eigenvalue weighted by Crippen LogP contribution is -2.47. The van der Waals surface area contributed by atoms with Crippen molar-refractivity contribution in [1.82, 2.24) is 5.32 Å². The summed E-state index contributed by atoms with van der Waals surface area (Å²) in [5.41, 5.74) is 0.0730. The highest BCUT2D eigenvalue weighted by atomic mass is 35.5. The Kier molecular flexibility index (Phi) is 5.31. The summed E-state index contributed by atoms with van der Waals surface area (Å²) in [6.07, 6.45) is 1.16. The lowest BCUT2D eigenvalue weighted by Gasteiger charge is -2.35. The predicted octanol–water partition coefficient (Wildman–Crippen LogP) is 5.49. The van der Waals surface area contributed by atoms with Crippen LogP contribution in [0.2, 0.25) is 10.0 Å². The smallest absolute Gasteiger partial charge is 0.337 e. The summed E-state index contributed by atoms with van der Waals surface area (Å²) in [6.45, 7) is 6.85. The molecule has 4 rings (SSSR count). The van der Waals surface area contributed by atoms with E-state index in [4.69, 9.17) is 23.2 Å². The summed E-state index contributed by atoms with van der Waals surface area (Å²) >= 11 is 12.7. The monoisotopic (exact) mass is 464 g/mol. The van der Waals surface area contributed by atoms with E-state index in [1.165, 1.54) is 18.2 Å². The summed E-state index contributed by atoms with van der Waals surface area (Å²) in [4.78, 5) is 25.7. The van der Waals surface area contributed by atoms with Gasteiger partial charge in [0.15, 0.2) is 0 Å². The molecule has 0 bridgehead atoms. The molecule has 3 N–H and O–H groups in total. The zero-order valence-corrected chi connectivity index (χ0v) is 18.9. The lowest BCUT2D eigenvalue weighted by atomic mass is 9.68. The Morgan fingerprint density at radius 2 is 2.03 bits per heavy atom. The highest BCUT2D eigenvalue weighted by molar-refractivity contribution is 6.37. The fourth-order valence-electron chi connectivity index (χ4n) is 4.96. The highest BCUT2D eigenvalue weighted by Gasteiger charge is 2.57. The van der Waals surface area contributed by atoms with Crippen molar-refractivity contribution < 1.29 is 19.1 Å². The fourth-order valence-corrected chi connectivity index (χ4v) is 5.46. The van der Waals surface area contributed by atoms with Gasteiger partial charge < -0.3 is 15.7 Å². The molecule has 8 heteroatoms. The average Bonchev–Trinajstić information content (AvgIpc) is 3.17. The number of hydrogen-bond donors (Lipinski definition) is 3. The molecule has 0 saturated carbocycles. The quantitative estimate of drug-likeness (QED) is 0.561. The van der Waals surface area contributed by atoms with E-state index >= 15 is 0 Å². The minimum absolute atomic E-state index is 0.0442. The van der Waals surface area contributed by atoms with Crippen LogP contribution in [-0.4, -0.2) is 29.6 Å². The van der Waals surface area contributed by atoms with Crippen LogP contribution in [0.25, 0.3) is 11.1 Å². The van der Waals surface area contributed by atoms with E-state index in [9.17, 15) is 19.1 Å². The number of rotatable bonds is 3. The molecular formula is C23H23Cl2FN2O3. The number of amides is 1. The van der Waals surface area contributed by atoms with E-state index in [1.54, 1.807) is 6.07 Å². The van der Waals surface area contributed by atoms with Crippen LogP contribution in [0.1, 0.15) is 49.5 Å². The van der Waals surface area contributed by atoms with Gasteiger partial charge in [-0.25, -0.2) is 9.18 Å². The first-order valence-electron chi connectivity index (χ1n) is 10.1. The van der Waals surface area contributed by atoms with Crippen LogP contribution >= 0.6 is 23.2 Å². The van der Waals surface area contributed by atoms with E-state index in [2.05, 4.69) is 31.4 Å². The van der Waals surface area contributed by atoms with Crippen molar-refractivity contribution in [3.05, 3.63) is 51.3 Å². The molecule has 31 heavy (non-hydrogen) atoms. The molecule has 5 nitrogen and oxygen atoms in total. The molecule has 0 aromatic heterocycles. The Morgan fingerprint density at radius 1 is 1.32 bits per heavy atom. The number of halogens is 3. The second-order valence-corrected chi connectivity index (χ2v) is 10.2. The van der Waals surface area contributed by atoms with Gasteiger partial charge in [-0.1, -0.05) is 56.1 Å². The van der Waals surface area contributed by atoms with Gasteiger partial charge in [0.05, 0.1) is 21.0 Å². The van der Waals surface area contributed by atoms with E-state index in [-0.39, 0.29) is 44.1 Å². The predicted molar refractivity (Wildman–Crippen MR) is 120 cm³/mol. The topological polar surface area (TPSA) is 78.4 Å². The van der Waals surface area contributed by atoms with Crippen LogP contribution in [0.4, 0.5) is 10.1 Å². The van der Waals surface area contributed by atoms with Gasteiger partial charge >= 0.3 is 5.97 Å². The number of anilines is 1. The van der Waals surface area contributed by atoms with Crippen LogP contribution < -0.4 is 10.6 Å². The van der Waals surface area contributed by atoms with Gasteiger partial charge in [0.2, 0.25) is 5.91 Å². The summed E-state index contributed by atoms with van der Waals surface area (Å²) in [7, 11) is 0. The van der Waals surface area contributed by atoms with E-state index < -0.39 is 17.2 Å². The molecule has 2 aliphatic heterocycles. The molecule has 164 valence electrons. The molecule has 2 aromatic rings. The van der Waals surface area contributed by atoms with Gasteiger partial charge in [0.1, 0.15) is 5.82 Å². The van der Waals surface area contributed by atoms with Crippen LogP contribution in [0, 0.1) is 11.2 Å². The molecule has 0 radical (unpaired) electrons. The number of nitrogens with one attached hydrogen (secondary N) is 2. The van der Waals surface area contributed by atoms with Crippen LogP contribution in [-0.2, 0) is 10.2 Å². The van der Waals surface area contributed by atoms with Crippen molar-refractivity contribution in [2.24, 2.45) is 5.41 Å². The van der Waals surface area contributed by atoms with Gasteiger partial charge in [-0.2, -0.15) is 0 Å². The zero-order chi connectivity index (χ0) is 22.7. The van der Waals surface area contributed by atoms with Crippen LogP contribution in [0.15, 0.2) is 24.3 Å². The Hall–Kier alpha value is -2.15. The third-order valence-corrected chi connectivity index (χ3v) is 6.82. The minimum Gasteiger partial charge on any atom is -0.478 e. The summed E-state index contributed by atoms with van der Waals surface area (Å²) in [6, 6.07) is 5.46. The number of carboxylic acids is 1. The molecule has 2 unspecified atom stereocenters. The van der Waals surface area contributed by atoms with E-state index in [0.29, 0.717) is 30.6 Å². The second kappa shape index (κ2) is 7.47. The van der Waals surface area contributed by atoms with Gasteiger partial charge in [-0.05, 0) is 36.9 Å². The van der Waals surface area contributed by atoms with Crippen molar-refractivity contribution in [2.45, 2.75) is 45.1 Å². The Balaban J connectivity index is 2.09. The van der Waals surface area contributed by atoms with Crippen molar-refractivity contribution in [3.63, 3.8) is 0 Å². The molecule has 1 fully saturated rings. The minimum atomic E-state index is -1.27. The first-order chi connectivity index (χ1) is 14.5. The first kappa shape index (κ1) is 22.1. The number of benzene rings is 2. The highest BCUT2D eigenvalue weighted by Crippen LogP contribution is 2.54. The normalized spacial score (nSPS) is 22.6. The van der Waals surface area contributed by atoms with Gasteiger partial charge in [-0.15, -0.1) is 0 Å². The zero-order valence-electron chi connectivity index (χ0n) is 17.4. The van der Waals surface area contributed by atoms with E-state index in [0.717, 1.165) is 0 Å². The number of fused-ring (bicyclic) bond motifs is 2. The molecular weight excluding hydrogens is 442 g/mol. The van der Waals surface area contributed by atoms with Crippen LogP contribution in [0.3, 0.4) is 0 Å². The Bertz CT molecular complexity index is 1110. The molecule has 2 heterocycles. The molecule has 2 aromatic carbocycles. The van der Waals surface area contributed by atoms with E-state index in [1.807, 2.05) is 0 Å². The number of carbonyl (C=O) groups excluding carboxylic acids is 1. The number of carboxylic acid groups (broad SMARTS) is 1. The van der Waals surface area contributed by atoms with Crippen LogP contribution in [0.5, 0.6) is 0 Å². The number of carbonyl (C=O) groups is 2. The molecule has 1 saturated heterocycles. The lowest BCUT2D eigenvalue weighted by molar-refractivity contribution is -0.121. The second-order valence-electron chi connectivity index (χ2n) is 9.38. The third kappa shape index (κ3) is 3.41. The van der Waals surface area contributed by atoms with Crippen molar-refractivity contribution in [1.29, 1.82) is 0 Å². The van der Waals surface area contributed by atoms with Crippen molar-refractivity contribution in [3.8, 4) is 11.1 Å². The first-order valence-corrected chi connectivity index (χ1v) is 10.8. The van der Waals surface area contributed by atoms with Gasteiger partial charge in [0, 0.05) is 28.4 Å². The summed E-state index contributed by atoms with van der Waals surface area (Å²) in [5.74, 6) is -2.16. The summed E-state index contributed by atoms with van der Waals surface area (Å²) < 4.78 is 14.4. The molecule has 0 aliphatic carbocycles. The molecule has 1 amide bonds. The number of aromatic carboxylic acids is 1. The molecule has 2 atom stereocenters.